The van der Waals surface area contributed by atoms with Crippen LogP contribution in [0.2, 0.25) is 0 Å². The summed E-state index contributed by atoms with van der Waals surface area (Å²) in [6.45, 7) is 16.9. The first-order valence-corrected chi connectivity index (χ1v) is 17.0. The summed E-state index contributed by atoms with van der Waals surface area (Å²) in [6, 6.07) is 4.46. The highest BCUT2D eigenvalue weighted by atomic mass is 16.5. The van der Waals surface area contributed by atoms with E-state index < -0.39 is 0 Å². The molecule has 0 saturated carbocycles. The van der Waals surface area contributed by atoms with Crippen LogP contribution >= 0.6 is 0 Å². The minimum atomic E-state index is -0.00451. The maximum Gasteiger partial charge on any atom is 0.306 e. The van der Waals surface area contributed by atoms with Gasteiger partial charge in [-0.3, -0.25) is 9.69 Å². The topological polar surface area (TPSA) is 44.7 Å². The van der Waals surface area contributed by atoms with Crippen LogP contribution in [0, 0.1) is 25.0 Å². The van der Waals surface area contributed by atoms with Crippen molar-refractivity contribution in [1.29, 1.82) is 0 Å². The molecule has 0 amide bonds. The first-order valence-electron chi connectivity index (χ1n) is 17.0. The third kappa shape index (κ3) is 11.4. The number of fused-ring (bicyclic) bond motifs is 6. The number of piperidine rings is 6. The number of ether oxygens (including phenoxy) is 1. The largest absolute Gasteiger partial charge is 0.466 e. The van der Waals surface area contributed by atoms with Crippen molar-refractivity contribution >= 4 is 5.97 Å². The molecule has 7 heteroatoms. The second-order valence-corrected chi connectivity index (χ2v) is 14.1. The van der Waals surface area contributed by atoms with Crippen molar-refractivity contribution in [3.05, 3.63) is 34.6 Å². The molecule has 6 bridgehead atoms. The summed E-state index contributed by atoms with van der Waals surface area (Å²) in [5.74, 6) is 1.25. The second-order valence-electron chi connectivity index (χ2n) is 14.1. The summed E-state index contributed by atoms with van der Waals surface area (Å²) in [6.07, 6.45) is 21.7. The average Bonchev–Trinajstić information content (AvgIpc) is 2.92. The second kappa shape index (κ2) is 20.3. The van der Waals surface area contributed by atoms with Gasteiger partial charge in [0.05, 0.1) is 13.2 Å². The molecule has 0 aromatic carbocycles. The highest BCUT2D eigenvalue weighted by Gasteiger charge is 2.38. The smallest absolute Gasteiger partial charge is 0.306 e. The monoisotopic (exact) mass is 628 g/mol. The number of hydrogen-bond donors (Lipinski definition) is 0. The molecule has 6 fully saturated rings. The Balaban J connectivity index is 0.000000329. The van der Waals surface area contributed by atoms with Crippen LogP contribution in [0.15, 0.2) is 11.8 Å². The summed E-state index contributed by atoms with van der Waals surface area (Å²) in [4.78, 5) is 26.0. The lowest BCUT2D eigenvalue weighted by molar-refractivity contribution is -0.145. The summed E-state index contributed by atoms with van der Waals surface area (Å²) < 4.78 is 5.04. The highest BCUT2D eigenvalue weighted by Crippen LogP contribution is 2.38. The molecule has 6 saturated heterocycles. The Labute approximate surface area is 278 Å². The van der Waals surface area contributed by atoms with E-state index in [0.29, 0.717) is 36.9 Å². The summed E-state index contributed by atoms with van der Waals surface area (Å²) in [5.41, 5.74) is 1.38. The zero-order chi connectivity index (χ0) is 30.1. The zero-order valence-corrected chi connectivity index (χ0v) is 27.0. The van der Waals surface area contributed by atoms with Gasteiger partial charge in [-0.15, -0.1) is 0 Å². The van der Waals surface area contributed by atoms with Crippen LogP contribution in [-0.4, -0.2) is 91.2 Å². The molecule has 0 N–H and O–H groups in total. The predicted octanol–water partition coefficient (Wildman–Crippen LogP) is 8.72. The van der Waals surface area contributed by atoms with Gasteiger partial charge in [-0.1, -0.05) is 47.1 Å². The van der Waals surface area contributed by atoms with Crippen LogP contribution in [0.5, 0.6) is 0 Å². The molecule has 6 rings (SSSR count). The maximum atomic E-state index is 11.5. The standard InChI is InChI=1S/C13H23NO2.C11H18N2.C11H16N2.3CH4/c1-3-16-13(15)9-10-7-11-5-4-6-12(8-10)14(11)2;2*1-12-8-9-6-10-4-3-5-11(7-9)13(10)2;;;/h10-12H,3-9H2,1-2H3;9-11H,3-8H2,2H3;8,10-11H,3-7H2,2H3;3*1H4/t10?,11-,12+;9?,10-,11+;10-,11+;;;. The zero-order valence-electron chi connectivity index (χ0n) is 27.0. The lowest BCUT2D eigenvalue weighted by atomic mass is 9.77. The Bertz CT molecular complexity index is 942. The van der Waals surface area contributed by atoms with E-state index in [9.17, 15) is 4.79 Å². The SMILES string of the molecule is C.C.C.CCOC(=O)CC1C[C@H]2CCC[C@@H](C1)N2C.[C-]#[N+]C=C1C[C@H]2CCC[C@@H](C1)N2C.[C-]#[N+]CC1C[C@H]2CCC[C@@H](C1)N2C. The Morgan fingerprint density at radius 1 is 0.733 bits per heavy atom. The van der Waals surface area contributed by atoms with Gasteiger partial charge >= 0.3 is 5.97 Å². The van der Waals surface area contributed by atoms with Gasteiger partial charge in [0, 0.05) is 48.6 Å². The Morgan fingerprint density at radius 2 is 1.13 bits per heavy atom. The molecule has 8 atom stereocenters. The maximum absolute atomic E-state index is 11.5. The number of esters is 1. The molecule has 0 aliphatic carbocycles. The average molecular weight is 628 g/mol. The van der Waals surface area contributed by atoms with Crippen molar-refractivity contribution in [2.24, 2.45) is 11.8 Å². The van der Waals surface area contributed by atoms with Gasteiger partial charge in [-0.25, -0.2) is 11.4 Å². The summed E-state index contributed by atoms with van der Waals surface area (Å²) >= 11 is 0. The minimum absolute atomic E-state index is 0. The van der Waals surface area contributed by atoms with Gasteiger partial charge in [-0.2, -0.15) is 0 Å². The molecule has 0 aromatic rings. The number of carbonyl (C=O) groups is 1. The highest BCUT2D eigenvalue weighted by molar-refractivity contribution is 5.69. The molecule has 258 valence electrons. The molecule has 0 radical (unpaired) electrons. The summed E-state index contributed by atoms with van der Waals surface area (Å²) in [5, 5.41) is 0. The lowest BCUT2D eigenvalue weighted by Gasteiger charge is -2.47. The molecule has 45 heavy (non-hydrogen) atoms. The lowest BCUT2D eigenvalue weighted by Crippen LogP contribution is -2.50. The molecule has 0 spiro atoms. The fourth-order valence-corrected chi connectivity index (χ4v) is 9.03. The van der Waals surface area contributed by atoms with Gasteiger partial charge < -0.3 is 19.4 Å². The van der Waals surface area contributed by atoms with Crippen molar-refractivity contribution in [3.63, 3.8) is 0 Å². The van der Waals surface area contributed by atoms with Gasteiger partial charge in [0.1, 0.15) is 0 Å². The van der Waals surface area contributed by atoms with E-state index in [4.69, 9.17) is 17.9 Å². The van der Waals surface area contributed by atoms with E-state index in [2.05, 4.69) is 45.5 Å². The van der Waals surface area contributed by atoms with E-state index in [1.54, 1.807) is 6.20 Å². The van der Waals surface area contributed by atoms with E-state index in [1.807, 2.05) is 6.92 Å². The molecule has 6 aliphatic heterocycles. The van der Waals surface area contributed by atoms with Gasteiger partial charge in [-0.05, 0) is 111 Å². The first-order chi connectivity index (χ1) is 20.3. The fourth-order valence-electron chi connectivity index (χ4n) is 9.03. The van der Waals surface area contributed by atoms with E-state index in [0.717, 1.165) is 43.6 Å². The Hall–Kier alpha value is -1.93. The fraction of sp³-hybridized carbons (Fsp3) is 0.868. The van der Waals surface area contributed by atoms with Gasteiger partial charge in [0.2, 0.25) is 6.54 Å². The van der Waals surface area contributed by atoms with Crippen LogP contribution in [0.4, 0.5) is 0 Å². The van der Waals surface area contributed by atoms with Crippen molar-refractivity contribution in [2.75, 3.05) is 34.3 Å². The number of nitrogens with zero attached hydrogens (tertiary/aromatic N) is 5. The van der Waals surface area contributed by atoms with Crippen molar-refractivity contribution in [3.8, 4) is 0 Å². The third-order valence-electron chi connectivity index (χ3n) is 11.5. The van der Waals surface area contributed by atoms with E-state index in [1.165, 1.54) is 89.0 Å². The molecule has 6 aliphatic rings. The number of rotatable bonds is 4. The number of hydrogen-bond acceptors (Lipinski definition) is 5. The number of carbonyl (C=O) groups excluding carboxylic acids is 1. The molecular formula is C38H69N5O2. The van der Waals surface area contributed by atoms with Crippen LogP contribution in [0.3, 0.4) is 0 Å². The molecular weight excluding hydrogens is 558 g/mol. The van der Waals surface area contributed by atoms with Crippen molar-refractivity contribution in [1.82, 2.24) is 14.7 Å². The Morgan fingerprint density at radius 3 is 1.53 bits per heavy atom. The summed E-state index contributed by atoms with van der Waals surface area (Å²) in [7, 11) is 6.75. The molecule has 6 heterocycles. The van der Waals surface area contributed by atoms with Crippen molar-refractivity contribution in [2.45, 2.75) is 168 Å². The van der Waals surface area contributed by atoms with Crippen LogP contribution in [-0.2, 0) is 9.53 Å². The van der Waals surface area contributed by atoms with E-state index in [-0.39, 0.29) is 28.2 Å². The Kier molecular flexibility index (Phi) is 18.6. The van der Waals surface area contributed by atoms with Crippen LogP contribution < -0.4 is 0 Å². The van der Waals surface area contributed by atoms with Gasteiger partial charge in [0.25, 0.3) is 0 Å². The molecule has 0 aromatic heterocycles. The van der Waals surface area contributed by atoms with Gasteiger partial charge in [0.15, 0.2) is 6.20 Å². The normalized spacial score (nSPS) is 34.7. The van der Waals surface area contributed by atoms with Crippen molar-refractivity contribution < 1.29 is 9.53 Å². The van der Waals surface area contributed by atoms with E-state index >= 15 is 0 Å². The van der Waals surface area contributed by atoms with Crippen LogP contribution in [0.1, 0.15) is 132 Å². The quantitative estimate of drug-likeness (QED) is 0.230. The predicted molar refractivity (Wildman–Crippen MR) is 190 cm³/mol. The van der Waals surface area contributed by atoms with Crippen LogP contribution in [0.25, 0.3) is 9.69 Å². The minimum Gasteiger partial charge on any atom is -0.466 e. The molecule has 7 nitrogen and oxygen atoms in total. The first kappa shape index (κ1) is 41.1. The molecule has 2 unspecified atom stereocenters. The third-order valence-corrected chi connectivity index (χ3v) is 11.5.